The van der Waals surface area contributed by atoms with Gasteiger partial charge in [0.05, 0.1) is 25.5 Å². The summed E-state index contributed by atoms with van der Waals surface area (Å²) in [6, 6.07) is 3.84. The Morgan fingerprint density at radius 1 is 1.46 bits per heavy atom. The lowest BCUT2D eigenvalue weighted by molar-refractivity contribution is 0.0859. The quantitative estimate of drug-likeness (QED) is 0.836. The van der Waals surface area contributed by atoms with Gasteiger partial charge in [-0.15, -0.1) is 5.10 Å². The highest BCUT2D eigenvalue weighted by Crippen LogP contribution is 2.27. The lowest BCUT2D eigenvalue weighted by atomic mass is 9.99. The fraction of sp³-hybridized carbons (Fsp3) is 0.500. The number of fused-ring (bicyclic) bond motifs is 1. The third kappa shape index (κ3) is 3.38. The number of urea groups is 1. The molecule has 0 spiro atoms. The Labute approximate surface area is 141 Å². The first-order chi connectivity index (χ1) is 11.6. The van der Waals surface area contributed by atoms with Gasteiger partial charge in [0.25, 0.3) is 0 Å². The van der Waals surface area contributed by atoms with Crippen LogP contribution in [-0.4, -0.2) is 63.1 Å². The van der Waals surface area contributed by atoms with Crippen LogP contribution >= 0.6 is 0 Å². The second-order valence-corrected chi connectivity index (χ2v) is 6.18. The average Bonchev–Trinajstić information content (AvgIpc) is 2.96. The lowest BCUT2D eigenvalue weighted by Crippen LogP contribution is -2.44. The maximum absolute atomic E-state index is 12.3. The van der Waals surface area contributed by atoms with Crippen LogP contribution in [0, 0.1) is 0 Å². The van der Waals surface area contributed by atoms with E-state index in [2.05, 4.69) is 15.3 Å². The smallest absolute Gasteiger partial charge is 0.319 e. The van der Waals surface area contributed by atoms with Crippen LogP contribution in [0.25, 0.3) is 0 Å². The molecule has 3 rings (SSSR count). The fourth-order valence-electron chi connectivity index (χ4n) is 2.98. The zero-order chi connectivity index (χ0) is 17.1. The molecule has 8 nitrogen and oxygen atoms in total. The molecule has 0 aromatic carbocycles. The Bertz CT molecular complexity index is 700. The van der Waals surface area contributed by atoms with E-state index in [-0.39, 0.29) is 11.9 Å². The molecular formula is C16H22N6O2. The molecule has 3 heterocycles. The maximum atomic E-state index is 12.3. The predicted molar refractivity (Wildman–Crippen MR) is 87.1 cm³/mol. The number of ether oxygens (including phenoxy) is 1. The molecule has 0 saturated heterocycles. The summed E-state index contributed by atoms with van der Waals surface area (Å²) < 4.78 is 7.65. The topological polar surface area (TPSA) is 76.4 Å². The predicted octanol–water partition coefficient (Wildman–Crippen LogP) is 1.01. The van der Waals surface area contributed by atoms with Gasteiger partial charge in [-0.3, -0.25) is 9.67 Å². The van der Waals surface area contributed by atoms with E-state index < -0.39 is 0 Å². The SMILES string of the molecule is CN(C)C(=O)N1Cc2nnn(C)c2[C@@H](COCc2cccnc2)C1. The highest BCUT2D eigenvalue weighted by atomic mass is 16.5. The molecule has 2 amide bonds. The number of nitrogens with zero attached hydrogens (tertiary/aromatic N) is 6. The summed E-state index contributed by atoms with van der Waals surface area (Å²) >= 11 is 0. The molecule has 1 aliphatic heterocycles. The molecule has 2 aromatic rings. The first-order valence-corrected chi connectivity index (χ1v) is 7.87. The molecule has 1 atom stereocenters. The van der Waals surface area contributed by atoms with Crippen LogP contribution in [0.5, 0.6) is 0 Å². The number of aryl methyl sites for hydroxylation is 1. The minimum atomic E-state index is -0.0245. The summed E-state index contributed by atoms with van der Waals surface area (Å²) in [5, 5.41) is 8.30. The maximum Gasteiger partial charge on any atom is 0.319 e. The summed E-state index contributed by atoms with van der Waals surface area (Å²) in [4.78, 5) is 19.8. The van der Waals surface area contributed by atoms with Crippen LogP contribution < -0.4 is 0 Å². The van der Waals surface area contributed by atoms with Crippen molar-refractivity contribution in [1.82, 2.24) is 29.8 Å². The molecule has 0 fully saturated rings. The summed E-state index contributed by atoms with van der Waals surface area (Å²) in [5.41, 5.74) is 2.91. The van der Waals surface area contributed by atoms with E-state index in [9.17, 15) is 4.79 Å². The van der Waals surface area contributed by atoms with Gasteiger partial charge in [-0.1, -0.05) is 11.3 Å². The normalized spacial score (nSPS) is 16.8. The monoisotopic (exact) mass is 330 g/mol. The highest BCUT2D eigenvalue weighted by molar-refractivity contribution is 5.74. The molecule has 24 heavy (non-hydrogen) atoms. The first-order valence-electron chi connectivity index (χ1n) is 7.87. The second-order valence-electron chi connectivity index (χ2n) is 6.18. The molecular weight excluding hydrogens is 308 g/mol. The van der Waals surface area contributed by atoms with Crippen molar-refractivity contribution in [3.05, 3.63) is 41.5 Å². The zero-order valence-corrected chi connectivity index (χ0v) is 14.2. The van der Waals surface area contributed by atoms with Crippen LogP contribution in [-0.2, 0) is 24.9 Å². The zero-order valence-electron chi connectivity index (χ0n) is 14.2. The third-order valence-corrected chi connectivity index (χ3v) is 4.08. The van der Waals surface area contributed by atoms with E-state index in [1.54, 1.807) is 41.0 Å². The summed E-state index contributed by atoms with van der Waals surface area (Å²) in [6.07, 6.45) is 3.53. The average molecular weight is 330 g/mol. The number of hydrogen-bond acceptors (Lipinski definition) is 5. The molecule has 0 radical (unpaired) electrons. The van der Waals surface area contributed by atoms with Gasteiger partial charge >= 0.3 is 6.03 Å². The molecule has 8 heteroatoms. The molecule has 1 aliphatic rings. The Kier molecular flexibility index (Phi) is 4.75. The lowest BCUT2D eigenvalue weighted by Gasteiger charge is -2.33. The van der Waals surface area contributed by atoms with Gasteiger partial charge in [0.1, 0.15) is 5.69 Å². The molecule has 2 aromatic heterocycles. The van der Waals surface area contributed by atoms with Crippen molar-refractivity contribution in [2.75, 3.05) is 27.2 Å². The number of carbonyl (C=O) groups is 1. The summed E-state index contributed by atoms with van der Waals surface area (Å²) in [7, 11) is 5.38. The van der Waals surface area contributed by atoms with E-state index in [1.807, 2.05) is 19.2 Å². The van der Waals surface area contributed by atoms with Gasteiger partial charge in [-0.25, -0.2) is 4.79 Å². The number of amides is 2. The van der Waals surface area contributed by atoms with E-state index in [0.29, 0.717) is 26.3 Å². The minimum absolute atomic E-state index is 0.0245. The molecule has 0 saturated carbocycles. The second kappa shape index (κ2) is 6.96. The molecule has 128 valence electrons. The van der Waals surface area contributed by atoms with E-state index in [4.69, 9.17) is 4.74 Å². The standard InChI is InChI=1S/C16H22N6O2/c1-20(2)16(23)22-8-13(15-14(9-22)18-19-21(15)3)11-24-10-12-5-4-6-17-7-12/h4-7,13H,8-11H2,1-3H3/t13-/m1/s1. The Hall–Kier alpha value is -2.48. The summed E-state index contributed by atoms with van der Waals surface area (Å²) in [6.45, 7) is 2.07. The molecule has 0 unspecified atom stereocenters. The minimum Gasteiger partial charge on any atom is -0.376 e. The highest BCUT2D eigenvalue weighted by Gasteiger charge is 2.33. The van der Waals surface area contributed by atoms with Gasteiger partial charge in [-0.05, 0) is 11.6 Å². The van der Waals surface area contributed by atoms with Crippen LogP contribution in [0.4, 0.5) is 4.79 Å². The largest absolute Gasteiger partial charge is 0.376 e. The van der Waals surface area contributed by atoms with Crippen molar-refractivity contribution < 1.29 is 9.53 Å². The Morgan fingerprint density at radius 3 is 3.00 bits per heavy atom. The van der Waals surface area contributed by atoms with Gasteiger partial charge < -0.3 is 14.5 Å². The van der Waals surface area contributed by atoms with Crippen LogP contribution in [0.2, 0.25) is 0 Å². The van der Waals surface area contributed by atoms with Gasteiger partial charge in [0.2, 0.25) is 0 Å². The van der Waals surface area contributed by atoms with Crippen molar-refractivity contribution in [2.24, 2.45) is 7.05 Å². The third-order valence-electron chi connectivity index (χ3n) is 4.08. The van der Waals surface area contributed by atoms with Gasteiger partial charge in [0, 0.05) is 46.0 Å². The van der Waals surface area contributed by atoms with Crippen LogP contribution in [0.3, 0.4) is 0 Å². The van der Waals surface area contributed by atoms with E-state index in [1.165, 1.54) is 0 Å². The number of rotatable bonds is 4. The fourth-order valence-corrected chi connectivity index (χ4v) is 2.98. The van der Waals surface area contributed by atoms with Crippen molar-refractivity contribution in [3.63, 3.8) is 0 Å². The van der Waals surface area contributed by atoms with Crippen molar-refractivity contribution in [3.8, 4) is 0 Å². The van der Waals surface area contributed by atoms with Gasteiger partial charge in [0.15, 0.2) is 0 Å². The molecule has 0 aliphatic carbocycles. The summed E-state index contributed by atoms with van der Waals surface area (Å²) in [5.74, 6) is 0.0503. The van der Waals surface area contributed by atoms with Crippen molar-refractivity contribution in [1.29, 1.82) is 0 Å². The van der Waals surface area contributed by atoms with E-state index in [0.717, 1.165) is 17.0 Å². The van der Waals surface area contributed by atoms with E-state index >= 15 is 0 Å². The molecule has 0 N–H and O–H groups in total. The van der Waals surface area contributed by atoms with Crippen LogP contribution in [0.1, 0.15) is 22.9 Å². The Balaban J connectivity index is 1.70. The Morgan fingerprint density at radius 2 is 2.29 bits per heavy atom. The molecule has 0 bridgehead atoms. The first kappa shape index (κ1) is 16.4. The van der Waals surface area contributed by atoms with Crippen molar-refractivity contribution >= 4 is 6.03 Å². The number of carbonyl (C=O) groups excluding carboxylic acids is 1. The van der Waals surface area contributed by atoms with Crippen molar-refractivity contribution in [2.45, 2.75) is 19.1 Å². The van der Waals surface area contributed by atoms with Gasteiger partial charge in [-0.2, -0.15) is 0 Å². The number of aromatic nitrogens is 4. The number of hydrogen-bond donors (Lipinski definition) is 0. The van der Waals surface area contributed by atoms with Crippen LogP contribution in [0.15, 0.2) is 24.5 Å². The number of pyridine rings is 1.